The van der Waals surface area contributed by atoms with Crippen LogP contribution in [0.1, 0.15) is 60.6 Å². The third-order valence-electron chi connectivity index (χ3n) is 6.52. The SMILES string of the molecule is O=C(c1cc(C2CC2)[nH]n1)N1CCC[C@@]2(COCCN(CC3CC3)C2)C1. The molecule has 1 spiro atoms. The van der Waals surface area contributed by atoms with E-state index in [4.69, 9.17) is 4.74 Å². The lowest BCUT2D eigenvalue weighted by Gasteiger charge is -2.43. The lowest BCUT2D eigenvalue weighted by Crippen LogP contribution is -2.52. The van der Waals surface area contributed by atoms with Crippen LogP contribution in [0.15, 0.2) is 6.07 Å². The summed E-state index contributed by atoms with van der Waals surface area (Å²) in [5.74, 6) is 1.59. The van der Waals surface area contributed by atoms with Crippen LogP contribution in [0.5, 0.6) is 0 Å². The minimum Gasteiger partial charge on any atom is -0.379 e. The van der Waals surface area contributed by atoms with Crippen molar-refractivity contribution < 1.29 is 9.53 Å². The number of rotatable bonds is 4. The number of aromatic nitrogens is 2. The molecule has 1 atom stereocenters. The molecule has 1 N–H and O–H groups in total. The van der Waals surface area contributed by atoms with Crippen molar-refractivity contribution in [2.75, 3.05) is 45.9 Å². The Kier molecular flexibility index (Phi) is 4.28. The van der Waals surface area contributed by atoms with Crippen molar-refractivity contribution in [2.24, 2.45) is 11.3 Å². The summed E-state index contributed by atoms with van der Waals surface area (Å²) in [4.78, 5) is 17.7. The number of carbonyl (C=O) groups is 1. The first-order valence-corrected chi connectivity index (χ1v) is 10.4. The third-order valence-corrected chi connectivity index (χ3v) is 6.52. The number of hydrogen-bond donors (Lipinski definition) is 1. The first-order chi connectivity index (χ1) is 12.7. The van der Waals surface area contributed by atoms with Crippen LogP contribution in [-0.4, -0.2) is 71.8 Å². The highest BCUT2D eigenvalue weighted by atomic mass is 16.5. The van der Waals surface area contributed by atoms with E-state index in [1.54, 1.807) is 0 Å². The number of nitrogens with zero attached hydrogens (tertiary/aromatic N) is 3. The molecule has 5 rings (SSSR count). The molecule has 1 amide bonds. The Labute approximate surface area is 155 Å². The number of nitrogens with one attached hydrogen (secondary N) is 1. The molecule has 142 valence electrons. The summed E-state index contributed by atoms with van der Waals surface area (Å²) in [7, 11) is 0. The molecule has 2 saturated heterocycles. The summed E-state index contributed by atoms with van der Waals surface area (Å²) in [5.41, 5.74) is 1.82. The molecule has 0 bridgehead atoms. The first-order valence-electron chi connectivity index (χ1n) is 10.4. The van der Waals surface area contributed by atoms with E-state index in [1.165, 1.54) is 32.2 Å². The minimum absolute atomic E-state index is 0.0882. The number of H-pyrrole nitrogens is 1. The Balaban J connectivity index is 1.28. The van der Waals surface area contributed by atoms with Gasteiger partial charge in [0.2, 0.25) is 0 Å². The number of amides is 1. The molecule has 6 nitrogen and oxygen atoms in total. The fourth-order valence-corrected chi connectivity index (χ4v) is 4.74. The smallest absolute Gasteiger partial charge is 0.274 e. The van der Waals surface area contributed by atoms with Crippen LogP contribution >= 0.6 is 0 Å². The van der Waals surface area contributed by atoms with Crippen LogP contribution in [0.25, 0.3) is 0 Å². The fraction of sp³-hybridized carbons (Fsp3) is 0.800. The van der Waals surface area contributed by atoms with Gasteiger partial charge >= 0.3 is 0 Å². The molecule has 1 aromatic rings. The van der Waals surface area contributed by atoms with Crippen molar-refractivity contribution in [2.45, 2.75) is 44.4 Å². The highest BCUT2D eigenvalue weighted by molar-refractivity contribution is 5.92. The molecule has 26 heavy (non-hydrogen) atoms. The van der Waals surface area contributed by atoms with Gasteiger partial charge in [0.05, 0.1) is 13.2 Å². The normalized spacial score (nSPS) is 30.5. The summed E-state index contributed by atoms with van der Waals surface area (Å²) >= 11 is 0. The van der Waals surface area contributed by atoms with E-state index < -0.39 is 0 Å². The minimum atomic E-state index is 0.0882. The molecule has 3 heterocycles. The molecule has 6 heteroatoms. The van der Waals surface area contributed by atoms with Gasteiger partial charge in [-0.05, 0) is 50.5 Å². The molecule has 0 unspecified atom stereocenters. The number of aromatic amines is 1. The Morgan fingerprint density at radius 3 is 2.96 bits per heavy atom. The maximum atomic E-state index is 13.0. The number of carbonyl (C=O) groups excluding carboxylic acids is 1. The summed E-state index contributed by atoms with van der Waals surface area (Å²) in [6.07, 6.45) is 7.43. The Bertz CT molecular complexity index is 667. The van der Waals surface area contributed by atoms with Gasteiger partial charge in [-0.15, -0.1) is 0 Å². The second-order valence-corrected chi connectivity index (χ2v) is 9.04. The summed E-state index contributed by atoms with van der Waals surface area (Å²) in [6.45, 7) is 6.58. The Hall–Kier alpha value is -1.40. The highest BCUT2D eigenvalue weighted by Gasteiger charge is 2.41. The molecule has 2 aliphatic carbocycles. The second kappa shape index (κ2) is 6.64. The number of ether oxygens (including phenoxy) is 1. The van der Waals surface area contributed by atoms with Gasteiger partial charge in [0.1, 0.15) is 5.69 Å². The maximum Gasteiger partial charge on any atom is 0.274 e. The average molecular weight is 358 g/mol. The number of likely N-dealkylation sites (tertiary alicyclic amines) is 1. The average Bonchev–Trinajstić information content (AvgIpc) is 3.57. The lowest BCUT2D eigenvalue weighted by molar-refractivity contribution is 0.00694. The summed E-state index contributed by atoms with van der Waals surface area (Å²) < 4.78 is 6.00. The topological polar surface area (TPSA) is 61.5 Å². The first kappa shape index (κ1) is 16.8. The highest BCUT2D eigenvalue weighted by Crippen LogP contribution is 2.39. The quantitative estimate of drug-likeness (QED) is 0.897. The van der Waals surface area contributed by atoms with Crippen LogP contribution in [0.3, 0.4) is 0 Å². The van der Waals surface area contributed by atoms with Crippen molar-refractivity contribution in [1.29, 1.82) is 0 Å². The number of hydrogen-bond acceptors (Lipinski definition) is 4. The molecule has 0 aromatic carbocycles. The van der Waals surface area contributed by atoms with Gasteiger partial charge in [-0.2, -0.15) is 5.10 Å². The van der Waals surface area contributed by atoms with Crippen molar-refractivity contribution in [1.82, 2.24) is 20.0 Å². The zero-order valence-corrected chi connectivity index (χ0v) is 15.6. The summed E-state index contributed by atoms with van der Waals surface area (Å²) in [5, 5.41) is 7.38. The lowest BCUT2D eigenvalue weighted by atomic mass is 9.80. The van der Waals surface area contributed by atoms with Crippen molar-refractivity contribution in [3.63, 3.8) is 0 Å². The van der Waals surface area contributed by atoms with E-state index in [9.17, 15) is 4.79 Å². The van der Waals surface area contributed by atoms with Crippen molar-refractivity contribution >= 4 is 5.91 Å². The zero-order valence-electron chi connectivity index (χ0n) is 15.6. The predicted octanol–water partition coefficient (Wildman–Crippen LogP) is 2.25. The largest absolute Gasteiger partial charge is 0.379 e. The van der Waals surface area contributed by atoms with Crippen LogP contribution in [0.4, 0.5) is 0 Å². The van der Waals surface area contributed by atoms with E-state index in [0.29, 0.717) is 11.6 Å². The van der Waals surface area contributed by atoms with Gasteiger partial charge in [0.25, 0.3) is 5.91 Å². The zero-order chi connectivity index (χ0) is 17.6. The second-order valence-electron chi connectivity index (χ2n) is 9.04. The predicted molar refractivity (Wildman–Crippen MR) is 98.1 cm³/mol. The maximum absolute atomic E-state index is 13.0. The Morgan fingerprint density at radius 1 is 1.27 bits per heavy atom. The van der Waals surface area contributed by atoms with Gasteiger partial charge in [-0.25, -0.2) is 0 Å². The molecule has 2 aliphatic heterocycles. The van der Waals surface area contributed by atoms with Gasteiger partial charge < -0.3 is 14.5 Å². The van der Waals surface area contributed by atoms with Gasteiger partial charge in [0.15, 0.2) is 0 Å². The van der Waals surface area contributed by atoms with E-state index in [1.807, 2.05) is 11.0 Å². The van der Waals surface area contributed by atoms with Gasteiger partial charge in [-0.3, -0.25) is 9.89 Å². The molecule has 0 radical (unpaired) electrons. The Morgan fingerprint density at radius 2 is 2.15 bits per heavy atom. The standard InChI is InChI=1S/C20H30N4O2/c25-19(18-10-17(21-22-18)16-4-5-16)24-7-1-6-20(13-24)12-23(8-9-26-14-20)11-15-2-3-15/h10,15-16H,1-9,11-14H2,(H,21,22)/t20-/m0/s1. The molecule has 1 aromatic heterocycles. The third kappa shape index (κ3) is 3.54. The van der Waals surface area contributed by atoms with Crippen molar-refractivity contribution in [3.8, 4) is 0 Å². The molecular formula is C20H30N4O2. The van der Waals surface area contributed by atoms with E-state index >= 15 is 0 Å². The van der Waals surface area contributed by atoms with Crippen LogP contribution in [0.2, 0.25) is 0 Å². The van der Waals surface area contributed by atoms with E-state index in [0.717, 1.165) is 63.8 Å². The number of piperidine rings is 1. The molecule has 2 saturated carbocycles. The van der Waals surface area contributed by atoms with Crippen LogP contribution < -0.4 is 0 Å². The van der Waals surface area contributed by atoms with Crippen LogP contribution in [-0.2, 0) is 4.74 Å². The monoisotopic (exact) mass is 358 g/mol. The van der Waals surface area contributed by atoms with Gasteiger partial charge in [-0.1, -0.05) is 0 Å². The summed E-state index contributed by atoms with van der Waals surface area (Å²) in [6, 6.07) is 1.98. The van der Waals surface area contributed by atoms with Crippen LogP contribution in [0, 0.1) is 11.3 Å². The van der Waals surface area contributed by atoms with Gasteiger partial charge in [0, 0.05) is 49.8 Å². The molecular weight excluding hydrogens is 328 g/mol. The fourth-order valence-electron chi connectivity index (χ4n) is 4.74. The van der Waals surface area contributed by atoms with Crippen molar-refractivity contribution in [3.05, 3.63) is 17.5 Å². The van der Waals surface area contributed by atoms with E-state index in [2.05, 4.69) is 15.1 Å². The molecule has 4 aliphatic rings. The van der Waals surface area contributed by atoms with E-state index in [-0.39, 0.29) is 11.3 Å². The molecule has 4 fully saturated rings.